The van der Waals surface area contributed by atoms with Crippen molar-refractivity contribution in [3.63, 3.8) is 0 Å². The van der Waals surface area contributed by atoms with Crippen molar-refractivity contribution in [1.29, 1.82) is 5.26 Å². The lowest BCUT2D eigenvalue weighted by atomic mass is 10.0. The molecule has 0 aromatic heterocycles. The Morgan fingerprint density at radius 3 is 2.44 bits per heavy atom. The second kappa shape index (κ2) is 5.27. The number of rotatable bonds is 5. The van der Waals surface area contributed by atoms with Crippen molar-refractivity contribution < 1.29 is 17.9 Å². The van der Waals surface area contributed by atoms with E-state index >= 15 is 0 Å². The Hall–Kier alpha value is -1.13. The number of carbonyl (C=O) groups excluding carboxylic acids is 1. The van der Waals surface area contributed by atoms with Gasteiger partial charge >= 0.3 is 5.97 Å². The second-order valence-electron chi connectivity index (χ2n) is 3.61. The molecule has 0 spiro atoms. The Kier molecular flexibility index (Phi) is 4.90. The number of methoxy groups -OCH3 is 1. The Labute approximate surface area is 95.6 Å². The minimum Gasteiger partial charge on any atom is -0.468 e. The molecule has 0 aromatic rings. The van der Waals surface area contributed by atoms with Crippen molar-refractivity contribution in [3.05, 3.63) is 0 Å². The third-order valence-electron chi connectivity index (χ3n) is 2.32. The number of nitrogens with zero attached hydrogens (tertiary/aromatic N) is 1. The molecule has 0 heterocycles. The summed E-state index contributed by atoms with van der Waals surface area (Å²) in [6, 6.07) is 1.85. The number of hydrogen-bond acceptors (Lipinski definition) is 5. The zero-order chi connectivity index (χ0) is 13.0. The van der Waals surface area contributed by atoms with Crippen molar-refractivity contribution in [2.75, 3.05) is 7.11 Å². The highest BCUT2D eigenvalue weighted by atomic mass is 32.2. The van der Waals surface area contributed by atoms with Crippen LogP contribution in [-0.2, 0) is 19.6 Å². The lowest BCUT2D eigenvalue weighted by molar-refractivity contribution is -0.139. The van der Waals surface area contributed by atoms with Crippen LogP contribution in [0.15, 0.2) is 0 Å². The van der Waals surface area contributed by atoms with Gasteiger partial charge in [0.25, 0.3) is 0 Å². The van der Waals surface area contributed by atoms with Crippen molar-refractivity contribution in [2.45, 2.75) is 38.0 Å². The third kappa shape index (κ3) is 3.47. The first-order chi connectivity index (χ1) is 7.22. The number of nitrogens with one attached hydrogen (secondary N) is 1. The van der Waals surface area contributed by atoms with Crippen molar-refractivity contribution >= 4 is 16.0 Å². The van der Waals surface area contributed by atoms with Gasteiger partial charge in [-0.2, -0.15) is 9.98 Å². The van der Waals surface area contributed by atoms with E-state index in [9.17, 15) is 13.2 Å². The average molecular weight is 248 g/mol. The Balaban J connectivity index is 4.98. The van der Waals surface area contributed by atoms with Gasteiger partial charge in [0.05, 0.1) is 13.2 Å². The predicted octanol–water partition coefficient (Wildman–Crippen LogP) is 0.160. The summed E-state index contributed by atoms with van der Waals surface area (Å²) >= 11 is 0. The largest absolute Gasteiger partial charge is 0.468 e. The molecule has 6 nitrogen and oxygen atoms in total. The summed E-state index contributed by atoms with van der Waals surface area (Å²) in [4.78, 5) is 11.1. The molecule has 0 amide bonds. The lowest BCUT2D eigenvalue weighted by Gasteiger charge is -2.22. The number of esters is 1. The SMILES string of the molecule is CCC(C)(C#N)NS(=O)(=O)C(C)C(=O)OC. The summed E-state index contributed by atoms with van der Waals surface area (Å²) in [7, 11) is -2.79. The van der Waals surface area contributed by atoms with E-state index < -0.39 is 26.8 Å². The highest BCUT2D eigenvalue weighted by Gasteiger charge is 2.35. The third-order valence-corrected chi connectivity index (χ3v) is 4.18. The van der Waals surface area contributed by atoms with Gasteiger partial charge in [-0.25, -0.2) is 8.42 Å². The molecular weight excluding hydrogens is 232 g/mol. The summed E-state index contributed by atoms with van der Waals surface area (Å²) in [5, 5.41) is 7.50. The maximum Gasteiger partial charge on any atom is 0.325 e. The average Bonchev–Trinajstić information content (AvgIpc) is 2.26. The molecule has 0 rings (SSSR count). The summed E-state index contributed by atoms with van der Waals surface area (Å²) in [6.07, 6.45) is 0.302. The van der Waals surface area contributed by atoms with Crippen LogP contribution in [-0.4, -0.2) is 32.3 Å². The molecule has 0 fully saturated rings. The summed E-state index contributed by atoms with van der Waals surface area (Å²) in [5.41, 5.74) is -1.21. The van der Waals surface area contributed by atoms with Crippen LogP contribution in [0.25, 0.3) is 0 Å². The van der Waals surface area contributed by atoms with E-state index in [1.54, 1.807) is 6.92 Å². The summed E-state index contributed by atoms with van der Waals surface area (Å²) in [5.74, 6) is -0.858. The minimum absolute atomic E-state index is 0.302. The molecule has 2 unspecified atom stereocenters. The Morgan fingerprint density at radius 1 is 1.62 bits per heavy atom. The van der Waals surface area contributed by atoms with E-state index in [0.29, 0.717) is 6.42 Å². The highest BCUT2D eigenvalue weighted by Crippen LogP contribution is 2.12. The van der Waals surface area contributed by atoms with Gasteiger partial charge in [0.15, 0.2) is 5.25 Å². The van der Waals surface area contributed by atoms with Crippen LogP contribution in [0, 0.1) is 11.3 Å². The minimum atomic E-state index is -3.90. The fraction of sp³-hybridized carbons (Fsp3) is 0.778. The molecular formula is C9H16N2O4S. The van der Waals surface area contributed by atoms with Crippen LogP contribution < -0.4 is 4.72 Å². The number of sulfonamides is 1. The van der Waals surface area contributed by atoms with Gasteiger partial charge in [0, 0.05) is 0 Å². The van der Waals surface area contributed by atoms with Crippen LogP contribution in [0.2, 0.25) is 0 Å². The standard InChI is InChI=1S/C9H16N2O4S/c1-5-9(3,6-10)11-16(13,14)7(2)8(12)15-4/h7,11H,5H2,1-4H3. The van der Waals surface area contributed by atoms with E-state index in [1.807, 2.05) is 6.07 Å². The molecule has 92 valence electrons. The molecule has 2 atom stereocenters. The van der Waals surface area contributed by atoms with Gasteiger partial charge in [0.1, 0.15) is 5.54 Å². The maximum absolute atomic E-state index is 11.7. The molecule has 0 saturated carbocycles. The zero-order valence-corrected chi connectivity index (χ0v) is 10.6. The van der Waals surface area contributed by atoms with Gasteiger partial charge in [-0.05, 0) is 20.3 Å². The van der Waals surface area contributed by atoms with Crippen molar-refractivity contribution in [2.24, 2.45) is 0 Å². The summed E-state index contributed by atoms with van der Waals surface area (Å²) in [6.45, 7) is 4.34. The molecule has 7 heteroatoms. The molecule has 0 bridgehead atoms. The molecule has 0 aliphatic rings. The topological polar surface area (TPSA) is 96.3 Å². The highest BCUT2D eigenvalue weighted by molar-refractivity contribution is 7.90. The van der Waals surface area contributed by atoms with E-state index in [-0.39, 0.29) is 0 Å². The normalized spacial score (nSPS) is 16.9. The van der Waals surface area contributed by atoms with Crippen molar-refractivity contribution in [1.82, 2.24) is 4.72 Å². The predicted molar refractivity (Wildman–Crippen MR) is 57.8 cm³/mol. The van der Waals surface area contributed by atoms with Gasteiger partial charge in [-0.3, -0.25) is 4.79 Å². The fourth-order valence-electron chi connectivity index (χ4n) is 0.869. The van der Waals surface area contributed by atoms with Gasteiger partial charge in [-0.15, -0.1) is 0 Å². The monoisotopic (exact) mass is 248 g/mol. The second-order valence-corrected chi connectivity index (χ2v) is 5.61. The van der Waals surface area contributed by atoms with E-state index in [1.165, 1.54) is 13.8 Å². The van der Waals surface area contributed by atoms with E-state index in [4.69, 9.17) is 5.26 Å². The number of nitriles is 1. The fourth-order valence-corrected chi connectivity index (χ4v) is 2.21. The van der Waals surface area contributed by atoms with Crippen molar-refractivity contribution in [3.8, 4) is 6.07 Å². The molecule has 0 aliphatic heterocycles. The molecule has 1 N–H and O–H groups in total. The molecule has 0 radical (unpaired) electrons. The molecule has 0 aromatic carbocycles. The number of hydrogen-bond donors (Lipinski definition) is 1. The van der Waals surface area contributed by atoms with Gasteiger partial charge in [0.2, 0.25) is 10.0 Å². The lowest BCUT2D eigenvalue weighted by Crippen LogP contribution is -2.49. The van der Waals surface area contributed by atoms with E-state index in [2.05, 4.69) is 9.46 Å². The number of carbonyl (C=O) groups is 1. The van der Waals surface area contributed by atoms with Crippen LogP contribution in [0.3, 0.4) is 0 Å². The van der Waals surface area contributed by atoms with E-state index in [0.717, 1.165) is 7.11 Å². The molecule has 0 saturated heterocycles. The summed E-state index contributed by atoms with van der Waals surface area (Å²) < 4.78 is 29.9. The molecule has 16 heavy (non-hydrogen) atoms. The van der Waals surface area contributed by atoms with Crippen LogP contribution in [0.1, 0.15) is 27.2 Å². The molecule has 0 aliphatic carbocycles. The first kappa shape index (κ1) is 14.9. The van der Waals surface area contributed by atoms with Crippen LogP contribution in [0.5, 0.6) is 0 Å². The smallest absolute Gasteiger partial charge is 0.325 e. The van der Waals surface area contributed by atoms with Gasteiger partial charge in [-0.1, -0.05) is 6.92 Å². The Morgan fingerprint density at radius 2 is 2.12 bits per heavy atom. The zero-order valence-electron chi connectivity index (χ0n) is 9.77. The van der Waals surface area contributed by atoms with Crippen LogP contribution >= 0.6 is 0 Å². The van der Waals surface area contributed by atoms with Gasteiger partial charge < -0.3 is 4.74 Å². The maximum atomic E-state index is 11.7. The van der Waals surface area contributed by atoms with Crippen LogP contribution in [0.4, 0.5) is 0 Å². The first-order valence-electron chi connectivity index (χ1n) is 4.74. The number of ether oxygens (including phenoxy) is 1. The Bertz CT molecular complexity index is 398. The quantitative estimate of drug-likeness (QED) is 0.699. The first-order valence-corrected chi connectivity index (χ1v) is 6.29.